The van der Waals surface area contributed by atoms with E-state index in [1.807, 2.05) is 0 Å². The topological polar surface area (TPSA) is 88.2 Å². The van der Waals surface area contributed by atoms with Crippen molar-refractivity contribution in [2.45, 2.75) is 11.1 Å². The van der Waals surface area contributed by atoms with E-state index in [4.69, 9.17) is 0 Å². The summed E-state index contributed by atoms with van der Waals surface area (Å²) in [5, 5.41) is 5.01. The molecule has 1 heterocycles. The summed E-state index contributed by atoms with van der Waals surface area (Å²) in [6.07, 6.45) is 1.24. The van der Waals surface area contributed by atoms with Crippen LogP contribution in [-0.2, 0) is 9.84 Å². The van der Waals surface area contributed by atoms with Crippen LogP contribution in [0, 0.1) is 0 Å². The maximum absolute atomic E-state index is 11.4. The van der Waals surface area contributed by atoms with Gasteiger partial charge in [-0.15, -0.1) is 0 Å². The number of amides is 2. The highest BCUT2D eigenvalue weighted by Crippen LogP contribution is 2.23. The summed E-state index contributed by atoms with van der Waals surface area (Å²) in [4.78, 5) is 14.7. The molecule has 1 rings (SSSR count). The van der Waals surface area contributed by atoms with Crippen molar-refractivity contribution in [3.05, 3.63) is 6.20 Å². The molecular weight excluding hydrogens is 238 g/mol. The first kappa shape index (κ1) is 11.9. The number of nitrogens with zero attached hydrogens (tertiary/aromatic N) is 1. The predicted molar refractivity (Wildman–Crippen MR) is 57.9 cm³/mol. The Balaban J connectivity index is 2.86. The van der Waals surface area contributed by atoms with E-state index in [-0.39, 0.29) is 15.1 Å². The molecule has 0 aliphatic carbocycles. The molecule has 0 saturated carbocycles. The molecule has 1 aromatic rings. The molecule has 0 fully saturated rings. The molecule has 2 amide bonds. The molecule has 15 heavy (non-hydrogen) atoms. The number of hydrogen-bond donors (Lipinski definition) is 2. The van der Waals surface area contributed by atoms with Gasteiger partial charge in [0.05, 0.1) is 11.9 Å². The standard InChI is InChI=1S/C7H11N3O3S2/c1-3-15(12,13)5-4-9-7(14-5)10-6(11)8-2/h4H,3H2,1-2H3,(H2,8,9,10,11). The molecule has 0 aliphatic rings. The van der Waals surface area contributed by atoms with Crippen molar-refractivity contribution >= 4 is 32.3 Å². The van der Waals surface area contributed by atoms with Gasteiger partial charge in [-0.2, -0.15) is 0 Å². The second-order valence-corrected chi connectivity index (χ2v) is 6.13. The van der Waals surface area contributed by atoms with Gasteiger partial charge in [-0.1, -0.05) is 18.3 Å². The second-order valence-electron chi connectivity index (χ2n) is 2.59. The average molecular weight is 249 g/mol. The SMILES string of the molecule is CCS(=O)(=O)c1cnc(NC(=O)NC)s1. The van der Waals surface area contributed by atoms with Gasteiger partial charge in [0.15, 0.2) is 15.0 Å². The summed E-state index contributed by atoms with van der Waals surface area (Å²) in [6, 6.07) is -0.426. The minimum Gasteiger partial charge on any atom is -0.341 e. The third-order valence-corrected chi connectivity index (χ3v) is 4.82. The number of aromatic nitrogens is 1. The van der Waals surface area contributed by atoms with Crippen molar-refractivity contribution < 1.29 is 13.2 Å². The molecule has 1 aromatic heterocycles. The minimum atomic E-state index is -3.24. The number of hydrogen-bond acceptors (Lipinski definition) is 5. The molecule has 0 bridgehead atoms. The van der Waals surface area contributed by atoms with E-state index in [0.29, 0.717) is 0 Å². The molecule has 0 aromatic carbocycles. The number of sulfone groups is 1. The highest BCUT2D eigenvalue weighted by atomic mass is 32.2. The number of rotatable bonds is 3. The maximum Gasteiger partial charge on any atom is 0.320 e. The molecule has 2 N–H and O–H groups in total. The molecule has 0 spiro atoms. The monoisotopic (exact) mass is 249 g/mol. The molecule has 0 aliphatic heterocycles. The molecule has 0 unspecified atom stereocenters. The van der Waals surface area contributed by atoms with E-state index in [1.165, 1.54) is 13.2 Å². The van der Waals surface area contributed by atoms with Crippen LogP contribution in [0.15, 0.2) is 10.4 Å². The van der Waals surface area contributed by atoms with Crippen molar-refractivity contribution in [3.63, 3.8) is 0 Å². The first-order valence-corrected chi connectivity index (χ1v) is 6.63. The summed E-state index contributed by atoms with van der Waals surface area (Å²) in [5.74, 6) is 0.0224. The molecule has 84 valence electrons. The quantitative estimate of drug-likeness (QED) is 0.824. The zero-order chi connectivity index (χ0) is 11.5. The van der Waals surface area contributed by atoms with E-state index in [1.54, 1.807) is 6.92 Å². The zero-order valence-electron chi connectivity index (χ0n) is 8.27. The fourth-order valence-electron chi connectivity index (χ4n) is 0.763. The van der Waals surface area contributed by atoms with Gasteiger partial charge in [0.2, 0.25) is 0 Å². The summed E-state index contributed by atoms with van der Waals surface area (Å²) >= 11 is 0.937. The van der Waals surface area contributed by atoms with E-state index >= 15 is 0 Å². The third-order valence-electron chi connectivity index (χ3n) is 1.62. The fourth-order valence-corrected chi connectivity index (χ4v) is 2.90. The number of urea groups is 1. The van der Waals surface area contributed by atoms with E-state index in [9.17, 15) is 13.2 Å². The van der Waals surface area contributed by atoms with Crippen LogP contribution in [0.2, 0.25) is 0 Å². The van der Waals surface area contributed by atoms with Crippen LogP contribution in [0.5, 0.6) is 0 Å². The Morgan fingerprint density at radius 1 is 1.60 bits per heavy atom. The van der Waals surface area contributed by atoms with E-state index < -0.39 is 15.9 Å². The molecule has 0 radical (unpaired) electrons. The number of nitrogens with one attached hydrogen (secondary N) is 2. The highest BCUT2D eigenvalue weighted by molar-refractivity contribution is 7.93. The number of carbonyl (C=O) groups excluding carboxylic acids is 1. The summed E-state index contributed by atoms with van der Waals surface area (Å²) in [7, 11) is -1.77. The van der Waals surface area contributed by atoms with Gasteiger partial charge in [-0.3, -0.25) is 5.32 Å². The lowest BCUT2D eigenvalue weighted by Gasteiger charge is -1.97. The van der Waals surface area contributed by atoms with Gasteiger partial charge in [0, 0.05) is 7.05 Å². The Labute approximate surface area is 91.6 Å². The van der Waals surface area contributed by atoms with Crippen molar-refractivity contribution in [2.24, 2.45) is 0 Å². The van der Waals surface area contributed by atoms with Crippen molar-refractivity contribution in [1.82, 2.24) is 10.3 Å². The second kappa shape index (κ2) is 4.58. The lowest BCUT2D eigenvalue weighted by Crippen LogP contribution is -2.24. The Bertz CT molecular complexity index is 452. The van der Waals surface area contributed by atoms with Crippen molar-refractivity contribution in [3.8, 4) is 0 Å². The van der Waals surface area contributed by atoms with Gasteiger partial charge in [-0.05, 0) is 0 Å². The largest absolute Gasteiger partial charge is 0.341 e. The predicted octanol–water partition coefficient (Wildman–Crippen LogP) is 0.688. The third kappa shape index (κ3) is 2.90. The summed E-state index contributed by atoms with van der Waals surface area (Å²) in [5.41, 5.74) is 0. The average Bonchev–Trinajstić information content (AvgIpc) is 2.66. The summed E-state index contributed by atoms with van der Waals surface area (Å²) < 4.78 is 23.0. The van der Waals surface area contributed by atoms with Crippen LogP contribution in [0.1, 0.15) is 6.92 Å². The lowest BCUT2D eigenvalue weighted by atomic mass is 10.9. The smallest absolute Gasteiger partial charge is 0.320 e. The molecule has 0 atom stereocenters. The van der Waals surface area contributed by atoms with Crippen LogP contribution in [0.25, 0.3) is 0 Å². The van der Waals surface area contributed by atoms with E-state index in [2.05, 4.69) is 15.6 Å². The van der Waals surface area contributed by atoms with Gasteiger partial charge < -0.3 is 5.32 Å². The molecule has 6 nitrogen and oxygen atoms in total. The fraction of sp³-hybridized carbons (Fsp3) is 0.429. The Hall–Kier alpha value is -1.15. The maximum atomic E-state index is 11.4. The van der Waals surface area contributed by atoms with Crippen LogP contribution in [0.4, 0.5) is 9.93 Å². The first-order chi connectivity index (χ1) is 6.99. The number of thiazole rings is 1. The lowest BCUT2D eigenvalue weighted by molar-refractivity contribution is 0.254. The van der Waals surface area contributed by atoms with Crippen LogP contribution in [0.3, 0.4) is 0 Å². The molecule has 8 heteroatoms. The van der Waals surface area contributed by atoms with E-state index in [0.717, 1.165) is 11.3 Å². The van der Waals surface area contributed by atoms with Gasteiger partial charge in [-0.25, -0.2) is 18.2 Å². The minimum absolute atomic E-state index is 0.0224. The Morgan fingerprint density at radius 3 is 2.80 bits per heavy atom. The summed E-state index contributed by atoms with van der Waals surface area (Å²) in [6.45, 7) is 1.56. The first-order valence-electron chi connectivity index (χ1n) is 4.17. The number of anilines is 1. The molecule has 0 saturated heterocycles. The number of carbonyl (C=O) groups is 1. The van der Waals surface area contributed by atoms with Gasteiger partial charge in [0.1, 0.15) is 4.21 Å². The van der Waals surface area contributed by atoms with Gasteiger partial charge >= 0.3 is 6.03 Å². The van der Waals surface area contributed by atoms with Gasteiger partial charge in [0.25, 0.3) is 0 Å². The van der Waals surface area contributed by atoms with Crippen LogP contribution >= 0.6 is 11.3 Å². The molecular formula is C7H11N3O3S2. The van der Waals surface area contributed by atoms with Crippen LogP contribution in [-0.4, -0.2) is 32.2 Å². The van der Waals surface area contributed by atoms with Crippen molar-refractivity contribution in [1.29, 1.82) is 0 Å². The van der Waals surface area contributed by atoms with Crippen molar-refractivity contribution in [2.75, 3.05) is 18.1 Å². The Kier molecular flexibility index (Phi) is 3.64. The highest BCUT2D eigenvalue weighted by Gasteiger charge is 2.16. The normalized spacial score (nSPS) is 11.1. The van der Waals surface area contributed by atoms with Crippen LogP contribution < -0.4 is 10.6 Å². The zero-order valence-corrected chi connectivity index (χ0v) is 9.91. The Morgan fingerprint density at radius 2 is 2.27 bits per heavy atom.